The number of benzene rings is 1. The summed E-state index contributed by atoms with van der Waals surface area (Å²) in [5.74, 6) is 0.287. The fourth-order valence-corrected chi connectivity index (χ4v) is 1.39. The van der Waals surface area contributed by atoms with E-state index in [1.54, 1.807) is 31.2 Å². The molecule has 0 saturated heterocycles. The van der Waals surface area contributed by atoms with E-state index in [1.807, 2.05) is 6.92 Å². The van der Waals surface area contributed by atoms with Gasteiger partial charge in [0.25, 0.3) is 0 Å². The first-order valence-corrected chi connectivity index (χ1v) is 6.59. The van der Waals surface area contributed by atoms with Gasteiger partial charge in [-0.3, -0.25) is 4.79 Å². The number of rotatable bonds is 7. The molecule has 0 aliphatic carbocycles. The highest BCUT2D eigenvalue weighted by molar-refractivity contribution is 5.91. The lowest BCUT2D eigenvalue weighted by atomic mass is 10.3. The molecular formula is C14H20N2O4. The highest BCUT2D eigenvalue weighted by atomic mass is 16.5. The molecule has 110 valence electrons. The summed E-state index contributed by atoms with van der Waals surface area (Å²) in [7, 11) is 0. The predicted molar refractivity (Wildman–Crippen MR) is 75.9 cm³/mol. The summed E-state index contributed by atoms with van der Waals surface area (Å²) in [6.07, 6.45) is 0.941. The van der Waals surface area contributed by atoms with E-state index >= 15 is 0 Å². The van der Waals surface area contributed by atoms with Gasteiger partial charge < -0.3 is 20.1 Å². The van der Waals surface area contributed by atoms with Crippen LogP contribution >= 0.6 is 0 Å². The van der Waals surface area contributed by atoms with Crippen LogP contribution in [-0.4, -0.2) is 31.8 Å². The maximum absolute atomic E-state index is 11.5. The van der Waals surface area contributed by atoms with Gasteiger partial charge in [-0.2, -0.15) is 0 Å². The zero-order valence-electron chi connectivity index (χ0n) is 11.8. The van der Waals surface area contributed by atoms with Gasteiger partial charge in [0.15, 0.2) is 0 Å². The van der Waals surface area contributed by atoms with E-state index in [1.165, 1.54) is 0 Å². The summed E-state index contributed by atoms with van der Waals surface area (Å²) in [4.78, 5) is 22.6. The monoisotopic (exact) mass is 280 g/mol. The number of urea groups is 1. The van der Waals surface area contributed by atoms with E-state index in [0.29, 0.717) is 18.9 Å². The van der Waals surface area contributed by atoms with Crippen LogP contribution < -0.4 is 15.4 Å². The van der Waals surface area contributed by atoms with Crippen molar-refractivity contribution in [3.8, 4) is 5.75 Å². The summed E-state index contributed by atoms with van der Waals surface area (Å²) in [6, 6.07) is 6.55. The molecule has 1 rings (SSSR count). The molecule has 0 spiro atoms. The Hall–Kier alpha value is -2.24. The second-order valence-electron chi connectivity index (χ2n) is 3.99. The lowest BCUT2D eigenvalue weighted by molar-refractivity contribution is -0.141. The van der Waals surface area contributed by atoms with Crippen LogP contribution in [0.5, 0.6) is 5.75 Å². The molecule has 1 aromatic carbocycles. The second-order valence-corrected chi connectivity index (χ2v) is 3.99. The minimum absolute atomic E-state index is 0.155. The van der Waals surface area contributed by atoms with Crippen LogP contribution in [-0.2, 0) is 9.53 Å². The smallest absolute Gasteiger partial charge is 0.325 e. The van der Waals surface area contributed by atoms with Crippen LogP contribution in [0.15, 0.2) is 24.3 Å². The van der Waals surface area contributed by atoms with E-state index in [0.717, 1.165) is 12.2 Å². The van der Waals surface area contributed by atoms with Crippen molar-refractivity contribution in [2.75, 3.05) is 25.1 Å². The normalized spacial score (nSPS) is 9.70. The number of ether oxygens (including phenoxy) is 2. The number of esters is 1. The molecule has 0 aliphatic heterocycles. The Kier molecular flexibility index (Phi) is 6.95. The van der Waals surface area contributed by atoms with E-state index in [-0.39, 0.29) is 6.54 Å². The van der Waals surface area contributed by atoms with E-state index < -0.39 is 12.0 Å². The van der Waals surface area contributed by atoms with Crippen LogP contribution in [0.3, 0.4) is 0 Å². The quantitative estimate of drug-likeness (QED) is 0.750. The van der Waals surface area contributed by atoms with Gasteiger partial charge in [0.05, 0.1) is 13.2 Å². The Morgan fingerprint density at radius 2 is 1.85 bits per heavy atom. The lowest BCUT2D eigenvalue weighted by Gasteiger charge is -2.08. The van der Waals surface area contributed by atoms with E-state index in [4.69, 9.17) is 9.47 Å². The summed E-state index contributed by atoms with van der Waals surface area (Å²) in [5, 5.41) is 5.02. The Morgan fingerprint density at radius 1 is 1.15 bits per heavy atom. The van der Waals surface area contributed by atoms with Crippen LogP contribution in [0.1, 0.15) is 20.3 Å². The van der Waals surface area contributed by atoms with Crippen molar-refractivity contribution in [3.63, 3.8) is 0 Å². The molecule has 2 amide bonds. The molecule has 0 radical (unpaired) electrons. The SMILES string of the molecule is CCCOc1ccc(NC(=O)NCC(=O)OCC)cc1. The number of hydrogen-bond donors (Lipinski definition) is 2. The predicted octanol–water partition coefficient (Wildman–Crippen LogP) is 2.16. The molecule has 0 unspecified atom stereocenters. The summed E-state index contributed by atoms with van der Waals surface area (Å²) in [5.41, 5.74) is 0.621. The van der Waals surface area contributed by atoms with Crippen molar-refractivity contribution >= 4 is 17.7 Å². The lowest BCUT2D eigenvalue weighted by Crippen LogP contribution is -2.34. The van der Waals surface area contributed by atoms with Gasteiger partial charge >= 0.3 is 12.0 Å². The molecule has 0 aromatic heterocycles. The van der Waals surface area contributed by atoms with E-state index in [2.05, 4.69) is 10.6 Å². The number of carbonyl (C=O) groups is 2. The first kappa shape index (κ1) is 15.8. The Labute approximate surface area is 118 Å². The van der Waals surface area contributed by atoms with Gasteiger partial charge in [-0.25, -0.2) is 4.79 Å². The van der Waals surface area contributed by atoms with Crippen molar-refractivity contribution < 1.29 is 19.1 Å². The van der Waals surface area contributed by atoms with Crippen LogP contribution in [0.4, 0.5) is 10.5 Å². The molecule has 0 aliphatic rings. The highest BCUT2D eigenvalue weighted by Crippen LogP contribution is 2.15. The Balaban J connectivity index is 2.36. The van der Waals surface area contributed by atoms with Gasteiger partial charge in [0.2, 0.25) is 0 Å². The molecule has 1 aromatic rings. The number of carbonyl (C=O) groups excluding carboxylic acids is 2. The molecule has 0 atom stereocenters. The van der Waals surface area contributed by atoms with Gasteiger partial charge in [-0.05, 0) is 37.6 Å². The number of hydrogen-bond acceptors (Lipinski definition) is 4. The van der Waals surface area contributed by atoms with Gasteiger partial charge in [0, 0.05) is 5.69 Å². The average molecular weight is 280 g/mol. The van der Waals surface area contributed by atoms with Crippen molar-refractivity contribution in [1.29, 1.82) is 0 Å². The van der Waals surface area contributed by atoms with Crippen molar-refractivity contribution in [2.24, 2.45) is 0 Å². The van der Waals surface area contributed by atoms with Crippen molar-refractivity contribution in [1.82, 2.24) is 5.32 Å². The molecule has 0 heterocycles. The first-order chi connectivity index (χ1) is 9.65. The maximum atomic E-state index is 11.5. The third-order valence-corrected chi connectivity index (χ3v) is 2.28. The first-order valence-electron chi connectivity index (χ1n) is 6.59. The highest BCUT2D eigenvalue weighted by Gasteiger charge is 2.06. The third-order valence-electron chi connectivity index (χ3n) is 2.28. The van der Waals surface area contributed by atoms with E-state index in [9.17, 15) is 9.59 Å². The average Bonchev–Trinajstić information content (AvgIpc) is 2.45. The minimum atomic E-state index is -0.467. The molecular weight excluding hydrogens is 260 g/mol. The van der Waals surface area contributed by atoms with Crippen molar-refractivity contribution in [3.05, 3.63) is 24.3 Å². The summed E-state index contributed by atoms with van der Waals surface area (Å²) in [6.45, 7) is 4.54. The summed E-state index contributed by atoms with van der Waals surface area (Å²) < 4.78 is 10.1. The van der Waals surface area contributed by atoms with Gasteiger partial charge in [-0.15, -0.1) is 0 Å². The zero-order valence-corrected chi connectivity index (χ0v) is 11.8. The number of nitrogens with one attached hydrogen (secondary N) is 2. The number of amides is 2. The van der Waals surface area contributed by atoms with Crippen LogP contribution in [0, 0.1) is 0 Å². The largest absolute Gasteiger partial charge is 0.494 e. The molecule has 0 fully saturated rings. The molecule has 2 N–H and O–H groups in total. The molecule has 0 bridgehead atoms. The Morgan fingerprint density at radius 3 is 2.45 bits per heavy atom. The number of anilines is 1. The fraction of sp³-hybridized carbons (Fsp3) is 0.429. The third kappa shape index (κ3) is 6.08. The summed E-state index contributed by atoms with van der Waals surface area (Å²) >= 11 is 0. The standard InChI is InChI=1S/C14H20N2O4/c1-3-9-20-12-7-5-11(6-8-12)16-14(18)15-10-13(17)19-4-2/h5-8H,3-4,9-10H2,1-2H3,(H2,15,16,18). The maximum Gasteiger partial charge on any atom is 0.325 e. The molecule has 20 heavy (non-hydrogen) atoms. The Bertz CT molecular complexity index is 431. The molecule has 6 heteroatoms. The molecule has 6 nitrogen and oxygen atoms in total. The fourth-order valence-electron chi connectivity index (χ4n) is 1.39. The van der Waals surface area contributed by atoms with Gasteiger partial charge in [-0.1, -0.05) is 6.92 Å². The molecule has 0 saturated carbocycles. The van der Waals surface area contributed by atoms with Crippen molar-refractivity contribution in [2.45, 2.75) is 20.3 Å². The topological polar surface area (TPSA) is 76.7 Å². The van der Waals surface area contributed by atoms with Crippen LogP contribution in [0.25, 0.3) is 0 Å². The van der Waals surface area contributed by atoms with Gasteiger partial charge in [0.1, 0.15) is 12.3 Å². The minimum Gasteiger partial charge on any atom is -0.494 e. The zero-order chi connectivity index (χ0) is 14.8. The second kappa shape index (κ2) is 8.79. The van der Waals surface area contributed by atoms with Crippen LogP contribution in [0.2, 0.25) is 0 Å².